The summed E-state index contributed by atoms with van der Waals surface area (Å²) in [6.45, 7) is 2.66. The van der Waals surface area contributed by atoms with Gasteiger partial charge in [-0.1, -0.05) is 0 Å². The highest BCUT2D eigenvalue weighted by Gasteiger charge is 2.30. The number of likely N-dealkylation sites (tertiary alicyclic amines) is 1. The van der Waals surface area contributed by atoms with Crippen LogP contribution in [0.2, 0.25) is 0 Å². The molecule has 4 heterocycles. The van der Waals surface area contributed by atoms with Crippen LogP contribution in [0.5, 0.6) is 0 Å². The van der Waals surface area contributed by atoms with Crippen molar-refractivity contribution < 1.29 is 4.79 Å². The zero-order valence-corrected chi connectivity index (χ0v) is 13.7. The number of fused-ring (bicyclic) bond motifs is 1. The van der Waals surface area contributed by atoms with Crippen molar-refractivity contribution in [1.82, 2.24) is 24.5 Å². The number of aryl methyl sites for hydroxylation is 1. The van der Waals surface area contributed by atoms with Gasteiger partial charge in [0.15, 0.2) is 5.65 Å². The summed E-state index contributed by atoms with van der Waals surface area (Å²) < 4.78 is 1.86. The summed E-state index contributed by atoms with van der Waals surface area (Å²) in [4.78, 5) is 19.4. The maximum absolute atomic E-state index is 13.0. The number of carbonyl (C=O) groups excluding carboxylic acids is 1. The molecule has 1 saturated heterocycles. The molecule has 3 aromatic heterocycles. The second kappa shape index (κ2) is 5.73. The molecule has 1 aliphatic rings. The van der Waals surface area contributed by atoms with Crippen molar-refractivity contribution in [3.63, 3.8) is 0 Å². The lowest BCUT2D eigenvalue weighted by atomic mass is 10.0. The molecule has 0 aliphatic carbocycles. The molecule has 23 heavy (non-hydrogen) atoms. The van der Waals surface area contributed by atoms with Crippen molar-refractivity contribution in [2.24, 2.45) is 0 Å². The van der Waals surface area contributed by atoms with Gasteiger partial charge in [-0.3, -0.25) is 9.20 Å². The molecule has 1 atom stereocenters. The number of rotatable bonds is 2. The van der Waals surface area contributed by atoms with Gasteiger partial charge < -0.3 is 4.90 Å². The van der Waals surface area contributed by atoms with Crippen molar-refractivity contribution >= 4 is 22.9 Å². The van der Waals surface area contributed by atoms with Crippen LogP contribution in [0.4, 0.5) is 0 Å². The zero-order chi connectivity index (χ0) is 15.8. The normalized spacial score (nSPS) is 18.5. The Balaban J connectivity index is 1.69. The Labute approximate surface area is 137 Å². The molecule has 0 aromatic carbocycles. The van der Waals surface area contributed by atoms with Crippen LogP contribution in [-0.4, -0.2) is 36.9 Å². The highest BCUT2D eigenvalue weighted by Crippen LogP contribution is 2.33. The molecule has 7 heteroatoms. The topological polar surface area (TPSA) is 63.4 Å². The lowest BCUT2D eigenvalue weighted by Gasteiger charge is -2.34. The third-order valence-corrected chi connectivity index (χ3v) is 5.20. The lowest BCUT2D eigenvalue weighted by Crippen LogP contribution is -2.38. The number of hydrogen-bond donors (Lipinski definition) is 0. The van der Waals surface area contributed by atoms with Gasteiger partial charge in [0.1, 0.15) is 10.8 Å². The molecule has 0 radical (unpaired) electrons. The van der Waals surface area contributed by atoms with E-state index in [9.17, 15) is 4.79 Å². The van der Waals surface area contributed by atoms with Crippen molar-refractivity contribution in [1.29, 1.82) is 0 Å². The summed E-state index contributed by atoms with van der Waals surface area (Å²) >= 11 is 1.62. The number of hydrogen-bond acceptors (Lipinski definition) is 5. The van der Waals surface area contributed by atoms with Crippen molar-refractivity contribution in [2.45, 2.75) is 32.2 Å². The summed E-state index contributed by atoms with van der Waals surface area (Å²) in [7, 11) is 0. The summed E-state index contributed by atoms with van der Waals surface area (Å²) in [6.07, 6.45) is 6.80. The van der Waals surface area contributed by atoms with Gasteiger partial charge in [0.2, 0.25) is 0 Å². The molecule has 0 spiro atoms. The van der Waals surface area contributed by atoms with Crippen molar-refractivity contribution in [3.8, 4) is 0 Å². The quantitative estimate of drug-likeness (QED) is 0.726. The Hall–Kier alpha value is -2.28. The maximum atomic E-state index is 13.0. The van der Waals surface area contributed by atoms with Crippen molar-refractivity contribution in [2.75, 3.05) is 6.54 Å². The molecule has 3 aromatic rings. The standard InChI is InChI=1S/C16H17N5OS/c1-11-18-19-14-6-5-12(10-21(11)14)16(22)20-8-3-2-4-13(20)15-17-7-9-23-15/h5-7,9-10,13H,2-4,8H2,1H3. The Bertz CT molecular complexity index is 841. The van der Waals surface area contributed by atoms with Crippen LogP contribution in [0.25, 0.3) is 5.65 Å². The van der Waals surface area contributed by atoms with E-state index in [-0.39, 0.29) is 11.9 Å². The Morgan fingerprint density at radius 3 is 3.04 bits per heavy atom. The molecular weight excluding hydrogens is 310 g/mol. The highest BCUT2D eigenvalue weighted by molar-refractivity contribution is 7.09. The van der Waals surface area contributed by atoms with Crippen LogP contribution >= 0.6 is 11.3 Å². The second-order valence-corrected chi connectivity index (χ2v) is 6.70. The zero-order valence-electron chi connectivity index (χ0n) is 12.8. The summed E-state index contributed by atoms with van der Waals surface area (Å²) in [5.74, 6) is 0.838. The molecule has 0 bridgehead atoms. The summed E-state index contributed by atoms with van der Waals surface area (Å²) in [5.41, 5.74) is 1.43. The predicted molar refractivity (Wildman–Crippen MR) is 87.5 cm³/mol. The van der Waals surface area contributed by atoms with E-state index < -0.39 is 0 Å². The third kappa shape index (κ3) is 2.50. The van der Waals surface area contributed by atoms with Gasteiger partial charge >= 0.3 is 0 Å². The van der Waals surface area contributed by atoms with E-state index >= 15 is 0 Å². The second-order valence-electron chi connectivity index (χ2n) is 5.77. The summed E-state index contributed by atoms with van der Waals surface area (Å²) in [5, 5.41) is 11.1. The molecular formula is C16H17N5OS. The minimum atomic E-state index is 0.0555. The van der Waals surface area contributed by atoms with E-state index in [0.29, 0.717) is 5.56 Å². The molecule has 118 valence electrons. The van der Waals surface area contributed by atoms with E-state index in [0.717, 1.165) is 42.3 Å². The van der Waals surface area contributed by atoms with E-state index in [1.54, 1.807) is 11.3 Å². The fraction of sp³-hybridized carbons (Fsp3) is 0.375. The number of pyridine rings is 1. The van der Waals surface area contributed by atoms with E-state index in [4.69, 9.17) is 0 Å². The van der Waals surface area contributed by atoms with Crippen LogP contribution in [0.3, 0.4) is 0 Å². The minimum Gasteiger partial charge on any atom is -0.329 e. The van der Waals surface area contributed by atoms with Crippen LogP contribution in [-0.2, 0) is 0 Å². The molecule has 4 rings (SSSR count). The first kappa shape index (κ1) is 14.3. The fourth-order valence-electron chi connectivity index (χ4n) is 3.13. The average Bonchev–Trinajstić information content (AvgIpc) is 3.24. The van der Waals surface area contributed by atoms with Gasteiger partial charge in [0, 0.05) is 24.3 Å². The molecule has 1 amide bonds. The van der Waals surface area contributed by atoms with Crippen LogP contribution < -0.4 is 0 Å². The smallest absolute Gasteiger partial charge is 0.255 e. The monoisotopic (exact) mass is 327 g/mol. The third-order valence-electron chi connectivity index (χ3n) is 4.32. The molecule has 6 nitrogen and oxygen atoms in total. The van der Waals surface area contributed by atoms with Gasteiger partial charge in [-0.25, -0.2) is 4.98 Å². The van der Waals surface area contributed by atoms with Crippen LogP contribution in [0, 0.1) is 6.92 Å². The number of carbonyl (C=O) groups is 1. The Morgan fingerprint density at radius 1 is 1.30 bits per heavy atom. The van der Waals surface area contributed by atoms with E-state index in [2.05, 4.69) is 15.2 Å². The molecule has 1 unspecified atom stereocenters. The van der Waals surface area contributed by atoms with Gasteiger partial charge in [-0.15, -0.1) is 21.5 Å². The van der Waals surface area contributed by atoms with Crippen molar-refractivity contribution in [3.05, 3.63) is 46.3 Å². The first-order valence-corrected chi connectivity index (χ1v) is 8.64. The largest absolute Gasteiger partial charge is 0.329 e. The SMILES string of the molecule is Cc1nnc2ccc(C(=O)N3CCCCC3c3nccs3)cn12. The van der Waals surface area contributed by atoms with E-state index in [1.807, 2.05) is 46.1 Å². The van der Waals surface area contributed by atoms with Gasteiger partial charge in [0.05, 0.1) is 11.6 Å². The Morgan fingerprint density at radius 2 is 2.22 bits per heavy atom. The number of piperidine rings is 1. The minimum absolute atomic E-state index is 0.0555. The molecule has 1 fully saturated rings. The number of amides is 1. The highest BCUT2D eigenvalue weighted by atomic mass is 32.1. The number of aromatic nitrogens is 4. The molecule has 0 saturated carbocycles. The molecule has 0 N–H and O–H groups in total. The first-order chi connectivity index (χ1) is 11.2. The lowest BCUT2D eigenvalue weighted by molar-refractivity contribution is 0.0610. The Kier molecular flexibility index (Phi) is 3.57. The predicted octanol–water partition coefficient (Wildman–Crippen LogP) is 2.86. The average molecular weight is 327 g/mol. The van der Waals surface area contributed by atoms with Crippen LogP contribution in [0.1, 0.15) is 46.5 Å². The maximum Gasteiger partial charge on any atom is 0.255 e. The molecule has 1 aliphatic heterocycles. The van der Waals surface area contributed by atoms with Gasteiger partial charge in [0.25, 0.3) is 5.91 Å². The van der Waals surface area contributed by atoms with Gasteiger partial charge in [-0.2, -0.15) is 0 Å². The summed E-state index contributed by atoms with van der Waals surface area (Å²) in [6, 6.07) is 3.77. The number of thiazole rings is 1. The number of nitrogens with zero attached hydrogens (tertiary/aromatic N) is 5. The fourth-order valence-corrected chi connectivity index (χ4v) is 3.91. The van der Waals surface area contributed by atoms with Gasteiger partial charge in [-0.05, 0) is 38.3 Å². The van der Waals surface area contributed by atoms with Crippen LogP contribution in [0.15, 0.2) is 29.9 Å². The first-order valence-electron chi connectivity index (χ1n) is 7.76. The van der Waals surface area contributed by atoms with E-state index in [1.165, 1.54) is 0 Å².